The number of carbonyl (C=O) groups excluding carboxylic acids is 2. The van der Waals surface area contributed by atoms with Crippen molar-refractivity contribution in [3.05, 3.63) is 71.3 Å². The molecule has 0 bridgehead atoms. The number of nitrogens with zero attached hydrogens (tertiary/aromatic N) is 2. The molecular weight excluding hydrogens is 412 g/mol. The van der Waals surface area contributed by atoms with Crippen LogP contribution in [0, 0.1) is 0 Å². The summed E-state index contributed by atoms with van der Waals surface area (Å²) in [4.78, 5) is 28.8. The maximum atomic E-state index is 13.1. The van der Waals surface area contributed by atoms with Crippen LogP contribution >= 0.6 is 0 Å². The second-order valence-corrected chi connectivity index (χ2v) is 8.58. The Kier molecular flexibility index (Phi) is 11.7. The van der Waals surface area contributed by atoms with Gasteiger partial charge in [-0.2, -0.15) is 0 Å². The second-order valence-electron chi connectivity index (χ2n) is 8.58. The van der Waals surface area contributed by atoms with Crippen LogP contribution in [0.2, 0.25) is 0 Å². The van der Waals surface area contributed by atoms with Gasteiger partial charge in [0.25, 0.3) is 5.91 Å². The molecule has 0 spiro atoms. The SMILES string of the molecule is C=C/C(=C\C(C)=C/C)Cc1cccc(C(=O)N2CCN(CCCCCC(=O)OCC)CC2)c1. The lowest BCUT2D eigenvalue weighted by Crippen LogP contribution is -2.48. The van der Waals surface area contributed by atoms with Crippen LogP contribution in [0.5, 0.6) is 0 Å². The summed E-state index contributed by atoms with van der Waals surface area (Å²) in [5.41, 5.74) is 4.23. The average Bonchev–Trinajstić information content (AvgIpc) is 2.83. The highest BCUT2D eigenvalue weighted by molar-refractivity contribution is 5.94. The van der Waals surface area contributed by atoms with Crippen molar-refractivity contribution in [1.82, 2.24) is 9.80 Å². The van der Waals surface area contributed by atoms with Gasteiger partial charge in [-0.3, -0.25) is 14.5 Å². The zero-order valence-electron chi connectivity index (χ0n) is 20.6. The quantitative estimate of drug-likeness (QED) is 0.249. The normalized spacial score (nSPS) is 15.4. The van der Waals surface area contributed by atoms with E-state index in [0.29, 0.717) is 13.0 Å². The molecule has 0 N–H and O–H groups in total. The molecule has 1 aromatic rings. The molecule has 0 atom stereocenters. The van der Waals surface area contributed by atoms with E-state index in [4.69, 9.17) is 4.74 Å². The van der Waals surface area contributed by atoms with Crippen molar-refractivity contribution in [3.63, 3.8) is 0 Å². The number of piperazine rings is 1. The van der Waals surface area contributed by atoms with E-state index >= 15 is 0 Å². The van der Waals surface area contributed by atoms with Gasteiger partial charge in [0, 0.05) is 38.2 Å². The summed E-state index contributed by atoms with van der Waals surface area (Å²) in [5.74, 6) is 0.0121. The average molecular weight is 453 g/mol. The Morgan fingerprint density at radius 2 is 1.88 bits per heavy atom. The van der Waals surface area contributed by atoms with Gasteiger partial charge in [-0.05, 0) is 69.8 Å². The Morgan fingerprint density at radius 1 is 1.12 bits per heavy atom. The Labute approximate surface area is 199 Å². The Morgan fingerprint density at radius 3 is 2.55 bits per heavy atom. The molecule has 0 aliphatic carbocycles. The largest absolute Gasteiger partial charge is 0.466 e. The number of hydrogen-bond acceptors (Lipinski definition) is 4. The first-order valence-corrected chi connectivity index (χ1v) is 12.2. The minimum Gasteiger partial charge on any atom is -0.466 e. The summed E-state index contributed by atoms with van der Waals surface area (Å²) < 4.78 is 4.96. The van der Waals surface area contributed by atoms with Gasteiger partial charge in [0.2, 0.25) is 0 Å². The summed E-state index contributed by atoms with van der Waals surface area (Å²) in [6, 6.07) is 7.97. The number of esters is 1. The number of rotatable bonds is 12. The highest BCUT2D eigenvalue weighted by Crippen LogP contribution is 2.16. The van der Waals surface area contributed by atoms with E-state index in [1.165, 1.54) is 5.57 Å². The molecule has 2 rings (SSSR count). The minimum atomic E-state index is -0.0988. The van der Waals surface area contributed by atoms with Gasteiger partial charge in [0.1, 0.15) is 0 Å². The van der Waals surface area contributed by atoms with Crippen LogP contribution < -0.4 is 0 Å². The van der Waals surface area contributed by atoms with Crippen molar-refractivity contribution in [2.45, 2.75) is 52.9 Å². The van der Waals surface area contributed by atoms with E-state index in [0.717, 1.165) is 75.1 Å². The van der Waals surface area contributed by atoms with Crippen LogP contribution in [-0.2, 0) is 16.0 Å². The zero-order valence-corrected chi connectivity index (χ0v) is 20.6. The second kappa shape index (κ2) is 14.5. The van der Waals surface area contributed by atoms with Gasteiger partial charge < -0.3 is 9.64 Å². The number of carbonyl (C=O) groups is 2. The Hall–Kier alpha value is -2.66. The van der Waals surface area contributed by atoms with E-state index in [1.54, 1.807) is 0 Å². The summed E-state index contributed by atoms with van der Waals surface area (Å²) in [5, 5.41) is 0. The van der Waals surface area contributed by atoms with Crippen LogP contribution in [0.25, 0.3) is 0 Å². The summed E-state index contributed by atoms with van der Waals surface area (Å²) in [7, 11) is 0. The van der Waals surface area contributed by atoms with E-state index in [-0.39, 0.29) is 11.9 Å². The number of unbranched alkanes of at least 4 members (excludes halogenated alkanes) is 2. The lowest BCUT2D eigenvalue weighted by Gasteiger charge is -2.34. The fourth-order valence-electron chi connectivity index (χ4n) is 3.98. The van der Waals surface area contributed by atoms with Crippen molar-refractivity contribution in [2.75, 3.05) is 39.3 Å². The third-order valence-electron chi connectivity index (χ3n) is 6.03. The number of ether oxygens (including phenoxy) is 1. The Balaban J connectivity index is 1.80. The maximum Gasteiger partial charge on any atom is 0.305 e. The predicted molar refractivity (Wildman–Crippen MR) is 135 cm³/mol. The molecule has 5 nitrogen and oxygen atoms in total. The zero-order chi connectivity index (χ0) is 24.1. The van der Waals surface area contributed by atoms with Crippen molar-refractivity contribution in [1.29, 1.82) is 0 Å². The monoisotopic (exact) mass is 452 g/mol. The molecule has 180 valence electrons. The van der Waals surface area contributed by atoms with Crippen molar-refractivity contribution >= 4 is 11.9 Å². The van der Waals surface area contributed by atoms with Crippen molar-refractivity contribution in [2.24, 2.45) is 0 Å². The van der Waals surface area contributed by atoms with Gasteiger partial charge >= 0.3 is 5.97 Å². The highest BCUT2D eigenvalue weighted by atomic mass is 16.5. The number of allylic oxidation sites excluding steroid dienone is 5. The molecule has 5 heteroatoms. The summed E-state index contributed by atoms with van der Waals surface area (Å²) in [6.07, 6.45) is 10.3. The number of benzene rings is 1. The highest BCUT2D eigenvalue weighted by Gasteiger charge is 2.22. The van der Waals surface area contributed by atoms with Crippen molar-refractivity contribution in [3.8, 4) is 0 Å². The van der Waals surface area contributed by atoms with Gasteiger partial charge in [-0.15, -0.1) is 0 Å². The fraction of sp³-hybridized carbons (Fsp3) is 0.500. The topological polar surface area (TPSA) is 49.9 Å². The first kappa shape index (κ1) is 26.6. The molecule has 1 saturated heterocycles. The molecule has 0 aromatic heterocycles. The molecule has 0 unspecified atom stereocenters. The standard InChI is InChI=1S/C28H40N2O3/c1-5-23(4)20-24(6-2)21-25-12-11-13-26(22-25)28(32)30-18-16-29(17-19-30)15-10-8-9-14-27(31)33-7-3/h5-6,11-13,20,22H,2,7-10,14-19,21H2,1,3-4H3/b23-5-,24-20+. The molecule has 33 heavy (non-hydrogen) atoms. The predicted octanol–water partition coefficient (Wildman–Crippen LogP) is 5.19. The minimum absolute atomic E-state index is 0.0988. The lowest BCUT2D eigenvalue weighted by molar-refractivity contribution is -0.143. The van der Waals surface area contributed by atoms with E-state index < -0.39 is 0 Å². The number of amides is 1. The summed E-state index contributed by atoms with van der Waals surface area (Å²) >= 11 is 0. The van der Waals surface area contributed by atoms with Crippen molar-refractivity contribution < 1.29 is 14.3 Å². The lowest BCUT2D eigenvalue weighted by atomic mass is 10.0. The smallest absolute Gasteiger partial charge is 0.305 e. The fourth-order valence-corrected chi connectivity index (χ4v) is 3.98. The molecule has 1 aliphatic heterocycles. The van der Waals surface area contributed by atoms with E-state index in [2.05, 4.69) is 36.6 Å². The summed E-state index contributed by atoms with van der Waals surface area (Å²) in [6.45, 7) is 14.6. The number of hydrogen-bond donors (Lipinski definition) is 0. The van der Waals surface area contributed by atoms with Crippen LogP contribution in [0.4, 0.5) is 0 Å². The van der Waals surface area contributed by atoms with Gasteiger partial charge in [0.15, 0.2) is 0 Å². The van der Waals surface area contributed by atoms with E-state index in [9.17, 15) is 9.59 Å². The first-order valence-electron chi connectivity index (χ1n) is 12.2. The third-order valence-corrected chi connectivity index (χ3v) is 6.03. The van der Waals surface area contributed by atoms with Crippen LogP contribution in [-0.4, -0.2) is 61.0 Å². The Bertz CT molecular complexity index is 848. The van der Waals surface area contributed by atoms with Gasteiger partial charge in [-0.1, -0.05) is 48.9 Å². The van der Waals surface area contributed by atoms with Gasteiger partial charge in [0.05, 0.1) is 6.61 Å². The maximum absolute atomic E-state index is 13.1. The van der Waals surface area contributed by atoms with Crippen LogP contribution in [0.15, 0.2) is 60.2 Å². The molecule has 0 saturated carbocycles. The van der Waals surface area contributed by atoms with Crippen LogP contribution in [0.3, 0.4) is 0 Å². The molecule has 1 heterocycles. The third kappa shape index (κ3) is 9.39. The molecule has 1 aromatic carbocycles. The molecular formula is C28H40N2O3. The molecule has 1 amide bonds. The molecule has 1 aliphatic rings. The molecule has 0 radical (unpaired) electrons. The van der Waals surface area contributed by atoms with Crippen LogP contribution in [0.1, 0.15) is 62.4 Å². The van der Waals surface area contributed by atoms with Gasteiger partial charge in [-0.25, -0.2) is 0 Å². The molecule has 1 fully saturated rings. The first-order chi connectivity index (χ1) is 16.0. The van der Waals surface area contributed by atoms with E-state index in [1.807, 2.05) is 43.0 Å².